The van der Waals surface area contributed by atoms with Crippen LogP contribution in [0.2, 0.25) is 0 Å². The third kappa shape index (κ3) is 3.46. The van der Waals surface area contributed by atoms with Gasteiger partial charge in [-0.1, -0.05) is 51.1 Å². The van der Waals surface area contributed by atoms with Crippen molar-refractivity contribution in [3.63, 3.8) is 0 Å². The van der Waals surface area contributed by atoms with Crippen molar-refractivity contribution in [1.82, 2.24) is 0 Å². The number of aryl methyl sites for hydroxylation is 1. The Hall–Kier alpha value is -1.08. The quantitative estimate of drug-likeness (QED) is 0.654. The predicted octanol–water partition coefficient (Wildman–Crippen LogP) is 5.61. The van der Waals surface area contributed by atoms with Crippen LogP contribution in [0.1, 0.15) is 55.0 Å². The number of rotatable bonds is 5. The SMILES string of the molecule is CC(C)c1ccc(CCC(C)c2cccs2)cc1. The molecule has 0 N–H and O–H groups in total. The van der Waals surface area contributed by atoms with Crippen molar-refractivity contribution in [2.45, 2.75) is 45.4 Å². The van der Waals surface area contributed by atoms with Crippen molar-refractivity contribution in [3.8, 4) is 0 Å². The molecule has 0 saturated heterocycles. The second-order valence-electron chi connectivity index (χ2n) is 5.35. The molecular formula is C17H22S. The fourth-order valence-electron chi connectivity index (χ4n) is 2.17. The zero-order valence-electron chi connectivity index (χ0n) is 11.5. The maximum atomic E-state index is 2.33. The van der Waals surface area contributed by atoms with Crippen molar-refractivity contribution in [2.24, 2.45) is 0 Å². The highest BCUT2D eigenvalue weighted by Gasteiger charge is 2.07. The number of thiophene rings is 1. The van der Waals surface area contributed by atoms with Gasteiger partial charge >= 0.3 is 0 Å². The van der Waals surface area contributed by atoms with Crippen LogP contribution in [-0.4, -0.2) is 0 Å². The zero-order valence-corrected chi connectivity index (χ0v) is 12.3. The topological polar surface area (TPSA) is 0 Å². The van der Waals surface area contributed by atoms with E-state index < -0.39 is 0 Å². The van der Waals surface area contributed by atoms with Gasteiger partial charge in [0.05, 0.1) is 0 Å². The van der Waals surface area contributed by atoms with E-state index in [4.69, 9.17) is 0 Å². The molecule has 0 aliphatic rings. The summed E-state index contributed by atoms with van der Waals surface area (Å²) in [6.45, 7) is 6.82. The van der Waals surface area contributed by atoms with Gasteiger partial charge in [0, 0.05) is 4.88 Å². The van der Waals surface area contributed by atoms with Gasteiger partial charge < -0.3 is 0 Å². The van der Waals surface area contributed by atoms with Crippen molar-refractivity contribution in [2.75, 3.05) is 0 Å². The van der Waals surface area contributed by atoms with E-state index in [2.05, 4.69) is 62.5 Å². The molecule has 1 aromatic carbocycles. The highest BCUT2D eigenvalue weighted by Crippen LogP contribution is 2.25. The van der Waals surface area contributed by atoms with Crippen LogP contribution >= 0.6 is 11.3 Å². The third-order valence-corrected chi connectivity index (χ3v) is 4.65. The van der Waals surface area contributed by atoms with Gasteiger partial charge in [0.15, 0.2) is 0 Å². The second-order valence-corrected chi connectivity index (χ2v) is 6.33. The molecule has 2 aromatic rings. The molecule has 1 unspecified atom stereocenters. The molecule has 0 fully saturated rings. The molecule has 0 spiro atoms. The third-order valence-electron chi connectivity index (χ3n) is 3.54. The zero-order chi connectivity index (χ0) is 13.0. The summed E-state index contributed by atoms with van der Waals surface area (Å²) in [4.78, 5) is 1.51. The molecule has 0 nitrogen and oxygen atoms in total. The van der Waals surface area contributed by atoms with Gasteiger partial charge in [0.25, 0.3) is 0 Å². The highest BCUT2D eigenvalue weighted by molar-refractivity contribution is 7.10. The van der Waals surface area contributed by atoms with Gasteiger partial charge in [-0.25, -0.2) is 0 Å². The Balaban J connectivity index is 1.90. The first-order valence-electron chi connectivity index (χ1n) is 6.79. The Morgan fingerprint density at radius 1 is 1.00 bits per heavy atom. The minimum atomic E-state index is 0.629. The highest BCUT2D eigenvalue weighted by atomic mass is 32.1. The van der Waals surface area contributed by atoms with Crippen LogP contribution in [0.25, 0.3) is 0 Å². The lowest BCUT2D eigenvalue weighted by Crippen LogP contribution is -1.95. The molecule has 0 aliphatic heterocycles. The lowest BCUT2D eigenvalue weighted by Gasteiger charge is -2.10. The van der Waals surface area contributed by atoms with E-state index in [9.17, 15) is 0 Å². The van der Waals surface area contributed by atoms with E-state index >= 15 is 0 Å². The van der Waals surface area contributed by atoms with Gasteiger partial charge in [-0.2, -0.15) is 0 Å². The van der Waals surface area contributed by atoms with Crippen LogP contribution in [0.4, 0.5) is 0 Å². The fourth-order valence-corrected chi connectivity index (χ4v) is 2.99. The Morgan fingerprint density at radius 3 is 2.28 bits per heavy atom. The van der Waals surface area contributed by atoms with Gasteiger partial charge in [-0.05, 0) is 47.3 Å². The summed E-state index contributed by atoms with van der Waals surface area (Å²) in [6, 6.07) is 13.5. The molecule has 1 heterocycles. The largest absolute Gasteiger partial charge is 0.149 e. The Labute approximate surface area is 115 Å². The van der Waals surface area contributed by atoms with Gasteiger partial charge in [0.2, 0.25) is 0 Å². The molecule has 0 amide bonds. The normalized spacial score (nSPS) is 12.9. The van der Waals surface area contributed by atoms with Crippen LogP contribution in [0.5, 0.6) is 0 Å². The average molecular weight is 258 g/mol. The summed E-state index contributed by atoms with van der Waals surface area (Å²) < 4.78 is 0. The summed E-state index contributed by atoms with van der Waals surface area (Å²) in [6.07, 6.45) is 2.42. The fraction of sp³-hybridized carbons (Fsp3) is 0.412. The Kier molecular flexibility index (Phi) is 4.60. The van der Waals surface area contributed by atoms with E-state index in [0.29, 0.717) is 11.8 Å². The van der Waals surface area contributed by atoms with E-state index in [-0.39, 0.29) is 0 Å². The molecule has 0 bridgehead atoms. The molecule has 0 aliphatic carbocycles. The lowest BCUT2D eigenvalue weighted by molar-refractivity contribution is 0.690. The smallest absolute Gasteiger partial charge is 0.00735 e. The summed E-state index contributed by atoms with van der Waals surface area (Å²) in [7, 11) is 0. The van der Waals surface area contributed by atoms with Gasteiger partial charge in [0.1, 0.15) is 0 Å². The number of benzene rings is 1. The summed E-state index contributed by atoms with van der Waals surface area (Å²) in [5.41, 5.74) is 2.90. The molecule has 1 atom stereocenters. The first-order chi connectivity index (χ1) is 8.66. The van der Waals surface area contributed by atoms with E-state index in [1.54, 1.807) is 0 Å². The van der Waals surface area contributed by atoms with Crippen molar-refractivity contribution < 1.29 is 0 Å². The first kappa shape index (κ1) is 13.4. The summed E-state index contributed by atoms with van der Waals surface area (Å²) in [5, 5.41) is 2.17. The summed E-state index contributed by atoms with van der Waals surface area (Å²) in [5.74, 6) is 1.30. The molecule has 1 heteroatoms. The number of hydrogen-bond acceptors (Lipinski definition) is 1. The van der Waals surface area contributed by atoms with E-state index in [1.807, 2.05) is 11.3 Å². The van der Waals surface area contributed by atoms with Crippen molar-refractivity contribution >= 4 is 11.3 Å². The van der Waals surface area contributed by atoms with E-state index in [0.717, 1.165) is 0 Å². The molecule has 2 rings (SSSR count). The molecule has 18 heavy (non-hydrogen) atoms. The minimum Gasteiger partial charge on any atom is -0.149 e. The van der Waals surface area contributed by atoms with Gasteiger partial charge in [-0.15, -0.1) is 11.3 Å². The predicted molar refractivity (Wildman–Crippen MR) is 81.6 cm³/mol. The summed E-state index contributed by atoms with van der Waals surface area (Å²) >= 11 is 1.87. The molecule has 96 valence electrons. The van der Waals surface area contributed by atoms with Crippen LogP contribution < -0.4 is 0 Å². The maximum absolute atomic E-state index is 2.33. The average Bonchev–Trinajstić information content (AvgIpc) is 2.90. The van der Waals surface area contributed by atoms with Crippen molar-refractivity contribution in [1.29, 1.82) is 0 Å². The van der Waals surface area contributed by atoms with Gasteiger partial charge in [-0.3, -0.25) is 0 Å². The molecular weight excluding hydrogens is 236 g/mol. The second kappa shape index (κ2) is 6.19. The van der Waals surface area contributed by atoms with E-state index in [1.165, 1.54) is 28.8 Å². The monoisotopic (exact) mass is 258 g/mol. The number of hydrogen-bond donors (Lipinski definition) is 0. The minimum absolute atomic E-state index is 0.629. The Morgan fingerprint density at radius 2 is 1.72 bits per heavy atom. The maximum Gasteiger partial charge on any atom is 0.00735 e. The van der Waals surface area contributed by atoms with Crippen LogP contribution in [-0.2, 0) is 6.42 Å². The van der Waals surface area contributed by atoms with Crippen molar-refractivity contribution in [3.05, 3.63) is 57.8 Å². The van der Waals surface area contributed by atoms with Crippen LogP contribution in [0, 0.1) is 0 Å². The first-order valence-corrected chi connectivity index (χ1v) is 7.67. The molecule has 0 radical (unpaired) electrons. The molecule has 0 saturated carbocycles. The Bertz CT molecular complexity index is 451. The lowest BCUT2D eigenvalue weighted by atomic mass is 9.97. The standard InChI is InChI=1S/C17H22S/c1-13(2)16-10-8-15(9-11-16)7-6-14(3)17-5-4-12-18-17/h4-5,8-14H,6-7H2,1-3H3. The van der Waals surface area contributed by atoms with Crippen LogP contribution in [0.3, 0.4) is 0 Å². The molecule has 1 aromatic heterocycles. The van der Waals surface area contributed by atoms with Crippen LogP contribution in [0.15, 0.2) is 41.8 Å².